The summed E-state index contributed by atoms with van der Waals surface area (Å²) in [5.74, 6) is -5.02. The van der Waals surface area contributed by atoms with Crippen LogP contribution in [0, 0.1) is 0 Å². The van der Waals surface area contributed by atoms with Crippen molar-refractivity contribution in [2.24, 2.45) is 0 Å². The molecule has 2 unspecified atom stereocenters. The van der Waals surface area contributed by atoms with Crippen molar-refractivity contribution in [3.63, 3.8) is 0 Å². The summed E-state index contributed by atoms with van der Waals surface area (Å²) in [7, 11) is 0. The van der Waals surface area contributed by atoms with E-state index < -0.39 is 47.2 Å². The molecule has 0 bridgehead atoms. The van der Waals surface area contributed by atoms with E-state index in [1.54, 1.807) is 0 Å². The van der Waals surface area contributed by atoms with Crippen LogP contribution in [0.4, 0.5) is 0 Å². The van der Waals surface area contributed by atoms with E-state index in [1.165, 1.54) is 0 Å². The van der Waals surface area contributed by atoms with Gasteiger partial charge in [0.2, 0.25) is 0 Å². The van der Waals surface area contributed by atoms with E-state index in [4.69, 9.17) is 15.3 Å². The Morgan fingerprint density at radius 1 is 0.900 bits per heavy atom. The number of hydrogen-bond donors (Lipinski definition) is 5. The number of rotatable bonds is 6. The minimum Gasteiger partial charge on any atom is -0.550 e. The number of carboxylic acids is 4. The number of thiol groups is 2. The van der Waals surface area contributed by atoms with E-state index in [0.717, 1.165) is 0 Å². The van der Waals surface area contributed by atoms with Crippen molar-refractivity contribution in [2.75, 3.05) is 0 Å². The van der Waals surface area contributed by atoms with E-state index >= 15 is 0 Å². The first-order valence-electron chi connectivity index (χ1n) is 4.31. The summed E-state index contributed by atoms with van der Waals surface area (Å²) in [4.78, 5) is 39.3. The van der Waals surface area contributed by atoms with Gasteiger partial charge in [0.25, 0.3) is 0 Å². The van der Waals surface area contributed by atoms with Crippen molar-refractivity contribution in [3.05, 3.63) is 0 Å². The molecule has 0 aromatic carbocycles. The molecule has 12 heteroatoms. The monoisotopic (exact) mass is 519 g/mol. The van der Waals surface area contributed by atoms with Crippen LogP contribution in [0.3, 0.4) is 0 Å². The molecule has 2 atom stereocenters. The molecule has 0 aliphatic rings. The first-order valence-corrected chi connectivity index (χ1v) is 5.34. The largest absolute Gasteiger partial charge is 1.00 e. The molecule has 0 saturated heterocycles. The van der Waals surface area contributed by atoms with Crippen molar-refractivity contribution in [1.82, 2.24) is 0 Å². The molecule has 0 aliphatic heterocycles. The molecule has 0 amide bonds. The second kappa shape index (κ2) is 15.7. The first kappa shape index (κ1) is 28.5. The Morgan fingerprint density at radius 2 is 1.20 bits per heavy atom. The van der Waals surface area contributed by atoms with E-state index in [2.05, 4.69) is 25.3 Å². The summed E-state index contributed by atoms with van der Waals surface area (Å²) in [5.41, 5.74) is 0. The van der Waals surface area contributed by atoms with Gasteiger partial charge >= 0.3 is 47.5 Å². The zero-order valence-electron chi connectivity index (χ0n) is 10.1. The summed E-state index contributed by atoms with van der Waals surface area (Å²) in [5, 5.41) is 31.6. The number of aliphatic carboxylic acids is 4. The predicted octanol–water partition coefficient (Wildman–Crippen LogP) is -4.64. The molecule has 0 aromatic heterocycles. The maximum atomic E-state index is 9.90. The van der Waals surface area contributed by atoms with Crippen molar-refractivity contribution < 1.29 is 91.5 Å². The molecular formula is C8H11AuNaO8S2. The van der Waals surface area contributed by atoms with Gasteiger partial charge in [-0.15, -0.1) is 0 Å². The third-order valence-corrected chi connectivity index (χ3v) is 2.11. The third kappa shape index (κ3) is 20.6. The fraction of sp³-hybridized carbons (Fsp3) is 0.500. The van der Waals surface area contributed by atoms with Gasteiger partial charge in [0.15, 0.2) is 0 Å². The number of carbonyl (C=O) groups is 4. The van der Waals surface area contributed by atoms with Crippen LogP contribution in [0.2, 0.25) is 0 Å². The van der Waals surface area contributed by atoms with Crippen LogP contribution in [0.5, 0.6) is 0 Å². The van der Waals surface area contributed by atoms with Gasteiger partial charge in [-0.05, 0) is 0 Å². The van der Waals surface area contributed by atoms with E-state index in [1.807, 2.05) is 0 Å². The van der Waals surface area contributed by atoms with Crippen LogP contribution < -0.4 is 34.7 Å². The van der Waals surface area contributed by atoms with Crippen LogP contribution in [0.1, 0.15) is 12.8 Å². The molecule has 0 aromatic rings. The normalized spacial score (nSPS) is 11.3. The minimum absolute atomic E-state index is 0. The number of carboxylic acid groups (broad SMARTS) is 4. The second-order valence-electron chi connectivity index (χ2n) is 2.88. The minimum atomic E-state index is -1.41. The summed E-state index contributed by atoms with van der Waals surface area (Å²) >= 11 is 6.93. The smallest absolute Gasteiger partial charge is 0.550 e. The molecule has 0 aliphatic carbocycles. The fourth-order valence-corrected chi connectivity index (χ4v) is 0.803. The fourth-order valence-electron chi connectivity index (χ4n) is 0.498. The van der Waals surface area contributed by atoms with Gasteiger partial charge in [0, 0.05) is 34.8 Å². The number of carbonyl (C=O) groups excluding carboxylic acids is 1. The summed E-state index contributed by atoms with van der Waals surface area (Å²) < 4.78 is 0. The molecule has 20 heavy (non-hydrogen) atoms. The molecule has 0 spiro atoms. The van der Waals surface area contributed by atoms with Crippen LogP contribution in [-0.2, 0) is 41.6 Å². The molecule has 115 valence electrons. The maximum absolute atomic E-state index is 9.90. The first-order chi connectivity index (χ1) is 8.07. The van der Waals surface area contributed by atoms with Gasteiger partial charge in [-0.25, -0.2) is 0 Å². The molecule has 0 rings (SSSR count). The molecule has 1 radical (unpaired) electrons. The Hall–Kier alpha value is 0.320. The van der Waals surface area contributed by atoms with Crippen molar-refractivity contribution in [3.8, 4) is 0 Å². The van der Waals surface area contributed by atoms with Crippen LogP contribution in [-0.4, -0.2) is 49.7 Å². The van der Waals surface area contributed by atoms with E-state index in [0.29, 0.717) is 0 Å². The van der Waals surface area contributed by atoms with Crippen LogP contribution in [0.25, 0.3) is 0 Å². The van der Waals surface area contributed by atoms with Crippen molar-refractivity contribution >= 4 is 49.1 Å². The van der Waals surface area contributed by atoms with Crippen molar-refractivity contribution in [2.45, 2.75) is 23.3 Å². The van der Waals surface area contributed by atoms with Crippen LogP contribution in [0.15, 0.2) is 0 Å². The standard InChI is InChI=1S/2C4H6O4S.Au.Na/c2*5-3(6)1-2(9)4(7)8;;/h2*2,9H,1H2,(H,5,6)(H,7,8);;/q;;;+1/p-1. The Balaban J connectivity index is -0.000000116. The molecule has 3 N–H and O–H groups in total. The second-order valence-corrected chi connectivity index (χ2v) is 4.13. The predicted molar refractivity (Wildman–Crippen MR) is 62.7 cm³/mol. The van der Waals surface area contributed by atoms with Gasteiger partial charge < -0.3 is 25.2 Å². The maximum Gasteiger partial charge on any atom is 1.00 e. The summed E-state index contributed by atoms with van der Waals surface area (Å²) in [6.07, 6.45) is -1.00. The van der Waals surface area contributed by atoms with Gasteiger partial charge in [-0.1, -0.05) is 0 Å². The van der Waals surface area contributed by atoms with Gasteiger partial charge in [0.1, 0.15) is 10.5 Å². The summed E-state index contributed by atoms with van der Waals surface area (Å²) in [6.45, 7) is 0. The quantitative estimate of drug-likeness (QED) is 0.174. The van der Waals surface area contributed by atoms with Crippen LogP contribution >= 0.6 is 25.3 Å². The average Bonchev–Trinajstić information content (AvgIpc) is 2.16. The summed E-state index contributed by atoms with van der Waals surface area (Å²) in [6, 6.07) is 0. The zero-order valence-corrected chi connectivity index (χ0v) is 16.1. The Labute approximate surface area is 162 Å². The van der Waals surface area contributed by atoms with Gasteiger partial charge in [0.05, 0.1) is 6.42 Å². The Bertz CT molecular complexity index is 308. The SMILES string of the molecule is O=C(O)CC(S)C(=O)O.O=C([O-])CC(S)C(=O)O.[Au].[Na+]. The van der Waals surface area contributed by atoms with E-state index in [9.17, 15) is 24.3 Å². The molecule has 0 fully saturated rings. The number of hydrogen-bond acceptors (Lipinski definition) is 7. The average molecular weight is 519 g/mol. The zero-order chi connectivity index (χ0) is 14.9. The molecule has 0 heterocycles. The van der Waals surface area contributed by atoms with Gasteiger partial charge in [-0.2, -0.15) is 25.3 Å². The third-order valence-electron chi connectivity index (χ3n) is 1.30. The van der Waals surface area contributed by atoms with E-state index in [-0.39, 0.29) is 51.9 Å². The van der Waals surface area contributed by atoms with Crippen molar-refractivity contribution in [1.29, 1.82) is 0 Å². The molecule has 8 nitrogen and oxygen atoms in total. The molecular weight excluding hydrogens is 508 g/mol. The topological polar surface area (TPSA) is 152 Å². The Morgan fingerprint density at radius 3 is 1.30 bits per heavy atom. The van der Waals surface area contributed by atoms with Gasteiger partial charge in [-0.3, -0.25) is 14.4 Å². The molecule has 0 saturated carbocycles. The Kier molecular flexibility index (Phi) is 22.4.